The van der Waals surface area contributed by atoms with Crippen molar-refractivity contribution in [2.75, 3.05) is 0 Å². The van der Waals surface area contributed by atoms with Crippen LogP contribution in [0.3, 0.4) is 0 Å². The van der Waals surface area contributed by atoms with E-state index in [1.54, 1.807) is 0 Å². The van der Waals surface area contributed by atoms with Crippen LogP contribution in [0.4, 0.5) is 0 Å². The van der Waals surface area contributed by atoms with Gasteiger partial charge in [0.15, 0.2) is 5.79 Å². The lowest BCUT2D eigenvalue weighted by molar-refractivity contribution is -0.295. The van der Waals surface area contributed by atoms with Crippen LogP contribution in [0.15, 0.2) is 42.5 Å². The maximum absolute atomic E-state index is 5.97. The average molecular weight is 260 g/mol. The lowest BCUT2D eigenvalue weighted by Gasteiger charge is -2.40. The molecule has 1 aliphatic heterocycles. The fraction of sp³-hybridized carbons (Fsp3) is 0.529. The SMILES string of the molecule is C=C(Cc1ccccc1)C[C@H]1C[C@H](C)OC(C)(C)O1. The summed E-state index contributed by atoms with van der Waals surface area (Å²) < 4.78 is 11.7. The van der Waals surface area contributed by atoms with Gasteiger partial charge in [0.05, 0.1) is 12.2 Å². The Balaban J connectivity index is 1.88. The van der Waals surface area contributed by atoms with Crippen LogP contribution in [0.2, 0.25) is 0 Å². The van der Waals surface area contributed by atoms with E-state index in [1.165, 1.54) is 11.1 Å². The molecule has 2 nitrogen and oxygen atoms in total. The van der Waals surface area contributed by atoms with E-state index < -0.39 is 5.79 Å². The van der Waals surface area contributed by atoms with Crippen molar-refractivity contribution >= 4 is 0 Å². The minimum absolute atomic E-state index is 0.218. The Kier molecular flexibility index (Phi) is 4.43. The molecule has 2 atom stereocenters. The fourth-order valence-electron chi connectivity index (χ4n) is 2.78. The predicted molar refractivity (Wildman–Crippen MR) is 78.0 cm³/mol. The van der Waals surface area contributed by atoms with E-state index in [-0.39, 0.29) is 12.2 Å². The highest BCUT2D eigenvalue weighted by Crippen LogP contribution is 2.29. The Morgan fingerprint density at radius 2 is 1.95 bits per heavy atom. The summed E-state index contributed by atoms with van der Waals surface area (Å²) in [5.74, 6) is -0.477. The molecule has 2 rings (SSSR count). The smallest absolute Gasteiger partial charge is 0.163 e. The summed E-state index contributed by atoms with van der Waals surface area (Å²) in [7, 11) is 0. The lowest BCUT2D eigenvalue weighted by atomic mass is 9.97. The van der Waals surface area contributed by atoms with E-state index >= 15 is 0 Å². The number of hydrogen-bond donors (Lipinski definition) is 0. The van der Waals surface area contributed by atoms with Gasteiger partial charge in [-0.3, -0.25) is 0 Å². The zero-order valence-electron chi connectivity index (χ0n) is 12.2. The third-order valence-electron chi connectivity index (χ3n) is 3.34. The van der Waals surface area contributed by atoms with Crippen molar-refractivity contribution in [2.45, 2.75) is 58.0 Å². The molecule has 0 unspecified atom stereocenters. The normalized spacial score (nSPS) is 26.1. The second-order valence-corrected chi connectivity index (χ2v) is 5.92. The third-order valence-corrected chi connectivity index (χ3v) is 3.34. The summed E-state index contributed by atoms with van der Waals surface area (Å²) >= 11 is 0. The van der Waals surface area contributed by atoms with Crippen LogP contribution < -0.4 is 0 Å². The molecule has 104 valence electrons. The average Bonchev–Trinajstić information content (AvgIpc) is 2.26. The van der Waals surface area contributed by atoms with Crippen LogP contribution in [-0.4, -0.2) is 18.0 Å². The Morgan fingerprint density at radius 3 is 2.58 bits per heavy atom. The van der Waals surface area contributed by atoms with Crippen LogP contribution in [0.1, 0.15) is 39.2 Å². The molecule has 0 spiro atoms. The van der Waals surface area contributed by atoms with Crippen LogP contribution >= 0.6 is 0 Å². The zero-order chi connectivity index (χ0) is 13.9. The van der Waals surface area contributed by atoms with Crippen LogP contribution in [-0.2, 0) is 15.9 Å². The first-order valence-electron chi connectivity index (χ1n) is 7.01. The van der Waals surface area contributed by atoms with Crippen molar-refractivity contribution in [3.05, 3.63) is 48.0 Å². The van der Waals surface area contributed by atoms with Crippen molar-refractivity contribution in [3.63, 3.8) is 0 Å². The van der Waals surface area contributed by atoms with Crippen molar-refractivity contribution in [1.82, 2.24) is 0 Å². The van der Waals surface area contributed by atoms with Gasteiger partial charge in [-0.1, -0.05) is 42.5 Å². The van der Waals surface area contributed by atoms with Crippen molar-refractivity contribution in [1.29, 1.82) is 0 Å². The Bertz CT molecular complexity index is 422. The van der Waals surface area contributed by atoms with Gasteiger partial charge in [0.2, 0.25) is 0 Å². The fourth-order valence-corrected chi connectivity index (χ4v) is 2.78. The Morgan fingerprint density at radius 1 is 1.26 bits per heavy atom. The summed E-state index contributed by atoms with van der Waals surface area (Å²) in [6, 6.07) is 10.5. The molecule has 1 aromatic carbocycles. The van der Waals surface area contributed by atoms with E-state index in [9.17, 15) is 0 Å². The quantitative estimate of drug-likeness (QED) is 0.759. The van der Waals surface area contributed by atoms with Gasteiger partial charge in [-0.25, -0.2) is 0 Å². The summed E-state index contributed by atoms with van der Waals surface area (Å²) in [4.78, 5) is 0. The molecule has 1 fully saturated rings. The number of benzene rings is 1. The molecule has 1 aliphatic rings. The lowest BCUT2D eigenvalue weighted by Crippen LogP contribution is -2.43. The van der Waals surface area contributed by atoms with E-state index in [0.717, 1.165) is 19.3 Å². The number of rotatable bonds is 4. The minimum atomic E-state index is -0.477. The van der Waals surface area contributed by atoms with Gasteiger partial charge < -0.3 is 9.47 Å². The molecular formula is C17H24O2. The van der Waals surface area contributed by atoms with Crippen molar-refractivity contribution in [3.8, 4) is 0 Å². The standard InChI is InChI=1S/C17H24O2/c1-13(10-15-8-6-5-7-9-15)11-16-12-14(2)18-17(3,4)19-16/h5-9,14,16H,1,10-12H2,2-4H3/t14-,16-/m0/s1. The van der Waals surface area contributed by atoms with Gasteiger partial charge in [0.25, 0.3) is 0 Å². The van der Waals surface area contributed by atoms with Gasteiger partial charge in [-0.2, -0.15) is 0 Å². The van der Waals surface area contributed by atoms with Gasteiger partial charge >= 0.3 is 0 Å². The van der Waals surface area contributed by atoms with Gasteiger partial charge in [0, 0.05) is 6.42 Å². The van der Waals surface area contributed by atoms with Crippen LogP contribution in [0, 0.1) is 0 Å². The molecule has 0 N–H and O–H groups in total. The molecule has 1 aromatic rings. The molecule has 0 aromatic heterocycles. The highest BCUT2D eigenvalue weighted by molar-refractivity contribution is 5.20. The largest absolute Gasteiger partial charge is 0.347 e. The first-order chi connectivity index (χ1) is 8.94. The Hall–Kier alpha value is -1.12. The first kappa shape index (κ1) is 14.3. The Labute approximate surface area is 116 Å². The molecule has 1 saturated heterocycles. The summed E-state index contributed by atoms with van der Waals surface area (Å²) in [6.07, 6.45) is 3.24. The van der Waals surface area contributed by atoms with E-state index in [4.69, 9.17) is 9.47 Å². The van der Waals surface area contributed by atoms with E-state index in [1.807, 2.05) is 19.9 Å². The summed E-state index contributed by atoms with van der Waals surface area (Å²) in [5, 5.41) is 0. The molecule has 0 aliphatic carbocycles. The molecular weight excluding hydrogens is 236 g/mol. The molecule has 0 saturated carbocycles. The molecule has 2 heteroatoms. The monoisotopic (exact) mass is 260 g/mol. The predicted octanol–water partition coefficient (Wildman–Crippen LogP) is 4.11. The minimum Gasteiger partial charge on any atom is -0.347 e. The number of hydrogen-bond acceptors (Lipinski definition) is 2. The molecule has 0 radical (unpaired) electrons. The highest BCUT2D eigenvalue weighted by Gasteiger charge is 2.33. The van der Waals surface area contributed by atoms with Crippen molar-refractivity contribution in [2.24, 2.45) is 0 Å². The van der Waals surface area contributed by atoms with Crippen LogP contribution in [0.5, 0.6) is 0 Å². The summed E-state index contributed by atoms with van der Waals surface area (Å²) in [5.41, 5.74) is 2.54. The topological polar surface area (TPSA) is 18.5 Å². The molecule has 0 amide bonds. The van der Waals surface area contributed by atoms with Gasteiger partial charge in [-0.15, -0.1) is 0 Å². The molecule has 19 heavy (non-hydrogen) atoms. The highest BCUT2D eigenvalue weighted by atomic mass is 16.7. The maximum Gasteiger partial charge on any atom is 0.163 e. The maximum atomic E-state index is 5.97. The number of ether oxygens (including phenoxy) is 2. The molecule has 0 bridgehead atoms. The molecule has 1 heterocycles. The van der Waals surface area contributed by atoms with Gasteiger partial charge in [-0.05, 0) is 39.2 Å². The zero-order valence-corrected chi connectivity index (χ0v) is 12.2. The second-order valence-electron chi connectivity index (χ2n) is 5.92. The van der Waals surface area contributed by atoms with E-state index in [2.05, 4.69) is 37.8 Å². The first-order valence-corrected chi connectivity index (χ1v) is 7.01. The van der Waals surface area contributed by atoms with Crippen LogP contribution in [0.25, 0.3) is 0 Å². The summed E-state index contributed by atoms with van der Waals surface area (Å²) in [6.45, 7) is 10.3. The van der Waals surface area contributed by atoms with E-state index in [0.29, 0.717) is 0 Å². The second kappa shape index (κ2) is 5.89. The third kappa shape index (κ3) is 4.48. The van der Waals surface area contributed by atoms with Gasteiger partial charge in [0.1, 0.15) is 0 Å². The van der Waals surface area contributed by atoms with Crippen molar-refractivity contribution < 1.29 is 9.47 Å².